The van der Waals surface area contributed by atoms with Crippen LogP contribution in [0.4, 0.5) is 11.6 Å². The fourth-order valence-electron chi connectivity index (χ4n) is 2.97. The number of hydrogen-bond donors (Lipinski definition) is 1. The van der Waals surface area contributed by atoms with Crippen molar-refractivity contribution in [2.24, 2.45) is 5.92 Å². The van der Waals surface area contributed by atoms with Crippen molar-refractivity contribution in [3.05, 3.63) is 62.3 Å². The van der Waals surface area contributed by atoms with E-state index in [0.29, 0.717) is 39.9 Å². The Hall–Kier alpha value is -2.38. The van der Waals surface area contributed by atoms with Crippen LogP contribution in [0.2, 0.25) is 10.0 Å². The molecule has 0 amide bonds. The zero-order valence-corrected chi connectivity index (χ0v) is 14.4. The van der Waals surface area contributed by atoms with Gasteiger partial charge in [-0.05, 0) is 46.9 Å². The Morgan fingerprint density at radius 2 is 2.16 bits per heavy atom. The summed E-state index contributed by atoms with van der Waals surface area (Å²) in [6.07, 6.45) is 2.23. The Morgan fingerprint density at radius 1 is 1.32 bits per heavy atom. The molecule has 9 heteroatoms. The summed E-state index contributed by atoms with van der Waals surface area (Å²) in [4.78, 5) is 14.4. The summed E-state index contributed by atoms with van der Waals surface area (Å²) in [5.41, 5.74) is 1.54. The molecule has 1 N–H and O–H groups in total. The van der Waals surface area contributed by atoms with Crippen molar-refractivity contribution in [3.8, 4) is 0 Å². The zero-order valence-electron chi connectivity index (χ0n) is 12.9. The first-order chi connectivity index (χ1) is 12.0. The van der Waals surface area contributed by atoms with Gasteiger partial charge in [0.25, 0.3) is 0 Å². The quantitative estimate of drug-likeness (QED) is 0.532. The van der Waals surface area contributed by atoms with E-state index in [1.54, 1.807) is 18.2 Å². The van der Waals surface area contributed by atoms with Crippen LogP contribution in [-0.2, 0) is 0 Å². The van der Waals surface area contributed by atoms with E-state index in [4.69, 9.17) is 23.2 Å². The number of anilines is 1. The van der Waals surface area contributed by atoms with E-state index in [1.807, 2.05) is 12.1 Å². The summed E-state index contributed by atoms with van der Waals surface area (Å²) in [7, 11) is 0. The van der Waals surface area contributed by atoms with E-state index in [1.165, 1.54) is 10.7 Å². The van der Waals surface area contributed by atoms with Crippen LogP contribution in [0.15, 0.2) is 36.5 Å². The molecule has 1 saturated carbocycles. The largest absolute Gasteiger partial charge is 0.368 e. The summed E-state index contributed by atoms with van der Waals surface area (Å²) in [6.45, 7) is 0.713. The van der Waals surface area contributed by atoms with Gasteiger partial charge in [0.1, 0.15) is 6.20 Å². The van der Waals surface area contributed by atoms with Gasteiger partial charge >= 0.3 is 5.82 Å². The first kappa shape index (κ1) is 16.1. The molecule has 2 unspecified atom stereocenters. The Labute approximate surface area is 152 Å². The summed E-state index contributed by atoms with van der Waals surface area (Å²) < 4.78 is 1.22. The van der Waals surface area contributed by atoms with Gasteiger partial charge in [0.15, 0.2) is 5.82 Å². The van der Waals surface area contributed by atoms with Crippen LogP contribution >= 0.6 is 23.2 Å². The van der Waals surface area contributed by atoms with Crippen LogP contribution in [0.1, 0.15) is 17.9 Å². The van der Waals surface area contributed by atoms with Crippen molar-refractivity contribution >= 4 is 40.5 Å². The fourth-order valence-corrected chi connectivity index (χ4v) is 3.52. The van der Waals surface area contributed by atoms with Crippen molar-refractivity contribution in [1.82, 2.24) is 14.6 Å². The Kier molecular flexibility index (Phi) is 3.97. The standard InChI is InChI=1S/C16H13Cl2N5O2/c17-10-1-2-11(13(18)6-10)12-5-9(12)7-19-14-3-4-15-20-8-16(23(24)25)22(15)21-14/h1-4,6,8-9,12H,5,7H2,(H,19,21). The normalized spacial score (nSPS) is 19.1. The molecule has 7 nitrogen and oxygen atoms in total. The van der Waals surface area contributed by atoms with Gasteiger partial charge in [-0.2, -0.15) is 0 Å². The molecule has 1 aliphatic carbocycles. The van der Waals surface area contributed by atoms with E-state index in [9.17, 15) is 10.1 Å². The number of benzene rings is 1. The number of fused-ring (bicyclic) bond motifs is 1. The lowest BCUT2D eigenvalue weighted by Gasteiger charge is -2.06. The van der Waals surface area contributed by atoms with E-state index < -0.39 is 4.92 Å². The number of nitro groups is 1. The zero-order chi connectivity index (χ0) is 17.6. The maximum absolute atomic E-state index is 11.0. The van der Waals surface area contributed by atoms with Crippen LogP contribution in [0.3, 0.4) is 0 Å². The molecule has 1 aromatic carbocycles. The van der Waals surface area contributed by atoms with Crippen molar-refractivity contribution in [3.63, 3.8) is 0 Å². The lowest BCUT2D eigenvalue weighted by Crippen LogP contribution is -2.08. The Morgan fingerprint density at radius 3 is 2.92 bits per heavy atom. The van der Waals surface area contributed by atoms with Gasteiger partial charge in [0.05, 0.1) is 0 Å². The summed E-state index contributed by atoms with van der Waals surface area (Å²) in [5.74, 6) is 1.25. The van der Waals surface area contributed by atoms with E-state index in [2.05, 4.69) is 15.4 Å². The molecule has 0 radical (unpaired) electrons. The minimum absolute atomic E-state index is 0.157. The van der Waals surface area contributed by atoms with Gasteiger partial charge in [0.2, 0.25) is 5.65 Å². The maximum Gasteiger partial charge on any atom is 0.368 e. The van der Waals surface area contributed by atoms with Gasteiger partial charge in [-0.15, -0.1) is 0 Å². The van der Waals surface area contributed by atoms with Gasteiger partial charge in [-0.1, -0.05) is 38.9 Å². The third-order valence-corrected chi connectivity index (χ3v) is 4.92. The fraction of sp³-hybridized carbons (Fsp3) is 0.250. The molecule has 3 aromatic rings. The molecule has 0 bridgehead atoms. The maximum atomic E-state index is 11.0. The average Bonchev–Trinajstić information content (AvgIpc) is 3.20. The Balaban J connectivity index is 1.45. The SMILES string of the molecule is O=[N+]([O-])c1cnc2ccc(NCC3CC3c3ccc(Cl)cc3Cl)nn12. The van der Waals surface area contributed by atoms with E-state index in [-0.39, 0.29) is 5.82 Å². The minimum atomic E-state index is -0.504. The lowest BCUT2D eigenvalue weighted by atomic mass is 10.1. The summed E-state index contributed by atoms with van der Waals surface area (Å²) in [5, 5.41) is 19.8. The van der Waals surface area contributed by atoms with E-state index in [0.717, 1.165) is 12.0 Å². The lowest BCUT2D eigenvalue weighted by molar-refractivity contribution is -0.391. The van der Waals surface area contributed by atoms with Crippen LogP contribution < -0.4 is 5.32 Å². The Bertz CT molecular complexity index is 974. The molecule has 0 saturated heterocycles. The number of rotatable bonds is 5. The topological polar surface area (TPSA) is 85.4 Å². The van der Waals surface area contributed by atoms with Crippen molar-refractivity contribution in [1.29, 1.82) is 0 Å². The highest BCUT2D eigenvalue weighted by Gasteiger charge is 2.39. The number of nitrogens with one attached hydrogen (secondary N) is 1. The molecule has 2 heterocycles. The monoisotopic (exact) mass is 377 g/mol. The molecule has 2 aromatic heterocycles. The van der Waals surface area contributed by atoms with Crippen molar-refractivity contribution in [2.45, 2.75) is 12.3 Å². The second-order valence-electron chi connectivity index (χ2n) is 6.01. The molecule has 128 valence electrons. The predicted molar refractivity (Wildman–Crippen MR) is 95.4 cm³/mol. The predicted octanol–water partition coefficient (Wildman–Crippen LogP) is 4.16. The number of nitrogens with zero attached hydrogens (tertiary/aromatic N) is 4. The van der Waals surface area contributed by atoms with Gasteiger partial charge < -0.3 is 15.4 Å². The minimum Gasteiger partial charge on any atom is -0.367 e. The molecular formula is C16H13Cl2N5O2. The van der Waals surface area contributed by atoms with Gasteiger partial charge in [0, 0.05) is 22.7 Å². The van der Waals surface area contributed by atoms with Crippen molar-refractivity contribution in [2.75, 3.05) is 11.9 Å². The van der Waals surface area contributed by atoms with Crippen LogP contribution in [0, 0.1) is 16.0 Å². The summed E-state index contributed by atoms with van der Waals surface area (Å²) >= 11 is 12.2. The second-order valence-corrected chi connectivity index (χ2v) is 6.85. The van der Waals surface area contributed by atoms with Crippen molar-refractivity contribution < 1.29 is 4.92 Å². The first-order valence-electron chi connectivity index (χ1n) is 7.71. The van der Waals surface area contributed by atoms with Crippen LogP contribution in [0.25, 0.3) is 5.65 Å². The highest BCUT2D eigenvalue weighted by atomic mass is 35.5. The molecule has 2 atom stereocenters. The van der Waals surface area contributed by atoms with E-state index >= 15 is 0 Å². The number of aromatic nitrogens is 3. The molecule has 0 aliphatic heterocycles. The molecule has 0 spiro atoms. The highest BCUT2D eigenvalue weighted by molar-refractivity contribution is 6.35. The number of halogens is 2. The molecule has 4 rings (SSSR count). The smallest absolute Gasteiger partial charge is 0.367 e. The van der Waals surface area contributed by atoms with Crippen LogP contribution in [-0.4, -0.2) is 26.1 Å². The third-order valence-electron chi connectivity index (χ3n) is 4.36. The van der Waals surface area contributed by atoms with Gasteiger partial charge in [-0.3, -0.25) is 0 Å². The second kappa shape index (κ2) is 6.16. The molecule has 25 heavy (non-hydrogen) atoms. The first-order valence-corrected chi connectivity index (χ1v) is 8.46. The van der Waals surface area contributed by atoms with Gasteiger partial charge in [-0.25, -0.2) is 4.98 Å². The van der Waals surface area contributed by atoms with Crippen LogP contribution in [0.5, 0.6) is 0 Å². The number of hydrogen-bond acceptors (Lipinski definition) is 5. The molecular weight excluding hydrogens is 365 g/mol. The molecule has 1 aliphatic rings. The highest BCUT2D eigenvalue weighted by Crippen LogP contribution is 2.49. The number of imidazole rings is 1. The molecule has 1 fully saturated rings. The summed E-state index contributed by atoms with van der Waals surface area (Å²) in [6, 6.07) is 9.03. The third kappa shape index (κ3) is 3.12. The average molecular weight is 378 g/mol.